The molecule has 0 heterocycles. The van der Waals surface area contributed by atoms with E-state index in [2.05, 4.69) is 41.7 Å². The van der Waals surface area contributed by atoms with Crippen molar-refractivity contribution in [2.24, 2.45) is 0 Å². The van der Waals surface area contributed by atoms with Gasteiger partial charge in [0.1, 0.15) is 0 Å². The average Bonchev–Trinajstić information content (AvgIpc) is 3.26. The highest BCUT2D eigenvalue weighted by atomic mass is 15.0. The molecule has 0 radical (unpaired) electrons. The van der Waals surface area contributed by atoms with Gasteiger partial charge >= 0.3 is 0 Å². The molecule has 1 aliphatic rings. The molecular formula is C17H16N2. The van der Waals surface area contributed by atoms with Crippen molar-refractivity contribution in [3.8, 4) is 6.07 Å². The first-order valence-electron chi connectivity index (χ1n) is 6.65. The third-order valence-electron chi connectivity index (χ3n) is 3.71. The Morgan fingerprint density at radius 2 is 1.79 bits per heavy atom. The van der Waals surface area contributed by atoms with Gasteiger partial charge < -0.3 is 5.32 Å². The Morgan fingerprint density at radius 3 is 2.58 bits per heavy atom. The SMILES string of the molecule is N#Cc1ccccc1CN[C@@H]1C[C@H]1c1ccccc1. The fourth-order valence-corrected chi connectivity index (χ4v) is 2.51. The van der Waals surface area contributed by atoms with Crippen molar-refractivity contribution in [3.05, 3.63) is 71.3 Å². The second-order valence-electron chi connectivity index (χ2n) is 5.01. The van der Waals surface area contributed by atoms with Crippen molar-refractivity contribution in [3.63, 3.8) is 0 Å². The van der Waals surface area contributed by atoms with Crippen molar-refractivity contribution in [1.29, 1.82) is 5.26 Å². The van der Waals surface area contributed by atoms with E-state index in [4.69, 9.17) is 5.26 Å². The molecular weight excluding hydrogens is 232 g/mol. The summed E-state index contributed by atoms with van der Waals surface area (Å²) in [7, 11) is 0. The molecule has 0 amide bonds. The van der Waals surface area contributed by atoms with E-state index >= 15 is 0 Å². The molecule has 2 aromatic carbocycles. The number of benzene rings is 2. The summed E-state index contributed by atoms with van der Waals surface area (Å²) >= 11 is 0. The lowest BCUT2D eigenvalue weighted by Crippen LogP contribution is -2.17. The van der Waals surface area contributed by atoms with Gasteiger partial charge in [-0.3, -0.25) is 0 Å². The van der Waals surface area contributed by atoms with Gasteiger partial charge in [0.05, 0.1) is 11.6 Å². The van der Waals surface area contributed by atoms with E-state index in [0.29, 0.717) is 12.0 Å². The summed E-state index contributed by atoms with van der Waals surface area (Å²) in [5, 5.41) is 12.6. The molecule has 94 valence electrons. The van der Waals surface area contributed by atoms with E-state index < -0.39 is 0 Å². The summed E-state index contributed by atoms with van der Waals surface area (Å²) < 4.78 is 0. The largest absolute Gasteiger partial charge is 0.309 e. The Hall–Kier alpha value is -2.11. The predicted molar refractivity (Wildman–Crippen MR) is 75.6 cm³/mol. The summed E-state index contributed by atoms with van der Waals surface area (Å²) in [6, 6.07) is 21.2. The molecule has 3 rings (SSSR count). The van der Waals surface area contributed by atoms with E-state index in [9.17, 15) is 0 Å². The highest BCUT2D eigenvalue weighted by Crippen LogP contribution is 2.40. The van der Waals surface area contributed by atoms with Crippen LogP contribution in [0, 0.1) is 11.3 Å². The number of hydrogen-bond acceptors (Lipinski definition) is 2. The van der Waals surface area contributed by atoms with E-state index in [1.165, 1.54) is 12.0 Å². The minimum Gasteiger partial charge on any atom is -0.309 e. The van der Waals surface area contributed by atoms with Gasteiger partial charge in [-0.05, 0) is 23.6 Å². The zero-order chi connectivity index (χ0) is 13.1. The molecule has 0 bridgehead atoms. The summed E-state index contributed by atoms with van der Waals surface area (Å²) in [4.78, 5) is 0. The molecule has 1 N–H and O–H groups in total. The van der Waals surface area contributed by atoms with E-state index in [1.807, 2.05) is 24.3 Å². The quantitative estimate of drug-likeness (QED) is 0.902. The first kappa shape index (κ1) is 12.0. The molecule has 1 fully saturated rings. The van der Waals surface area contributed by atoms with Gasteiger partial charge in [-0.1, -0.05) is 48.5 Å². The second kappa shape index (κ2) is 5.26. The van der Waals surface area contributed by atoms with E-state index in [0.717, 1.165) is 17.7 Å². The predicted octanol–water partition coefficient (Wildman–Crippen LogP) is 3.20. The molecule has 2 aromatic rings. The average molecular weight is 248 g/mol. The van der Waals surface area contributed by atoms with Crippen molar-refractivity contribution in [2.45, 2.75) is 24.9 Å². The van der Waals surface area contributed by atoms with Gasteiger partial charge in [0.25, 0.3) is 0 Å². The van der Waals surface area contributed by atoms with Crippen LogP contribution >= 0.6 is 0 Å². The summed E-state index contributed by atoms with van der Waals surface area (Å²) in [6.45, 7) is 0.776. The van der Waals surface area contributed by atoms with Crippen LogP contribution in [0.4, 0.5) is 0 Å². The molecule has 0 unspecified atom stereocenters. The Balaban J connectivity index is 1.59. The Bertz CT molecular complexity index is 598. The van der Waals surface area contributed by atoms with Crippen LogP contribution in [-0.4, -0.2) is 6.04 Å². The number of hydrogen-bond donors (Lipinski definition) is 1. The van der Waals surface area contributed by atoms with Crippen molar-refractivity contribution in [2.75, 3.05) is 0 Å². The maximum atomic E-state index is 9.05. The molecule has 2 heteroatoms. The Morgan fingerprint density at radius 1 is 1.05 bits per heavy atom. The summed E-state index contributed by atoms with van der Waals surface area (Å²) in [5.74, 6) is 0.635. The lowest BCUT2D eigenvalue weighted by atomic mass is 10.1. The lowest BCUT2D eigenvalue weighted by Gasteiger charge is -2.06. The first-order chi connectivity index (χ1) is 9.38. The highest BCUT2D eigenvalue weighted by molar-refractivity contribution is 5.37. The zero-order valence-corrected chi connectivity index (χ0v) is 10.7. The minimum atomic E-state index is 0.550. The summed E-state index contributed by atoms with van der Waals surface area (Å²) in [5.41, 5.74) is 3.27. The van der Waals surface area contributed by atoms with Crippen molar-refractivity contribution < 1.29 is 0 Å². The highest BCUT2D eigenvalue weighted by Gasteiger charge is 2.37. The molecule has 0 saturated heterocycles. The monoisotopic (exact) mass is 248 g/mol. The standard InChI is InChI=1S/C17H16N2/c18-11-14-8-4-5-9-15(14)12-19-17-10-16(17)13-6-2-1-3-7-13/h1-9,16-17,19H,10,12H2/t16-,17+/m0/s1. The minimum absolute atomic E-state index is 0.550. The molecule has 2 atom stereocenters. The van der Waals surface area contributed by atoms with Gasteiger partial charge in [-0.2, -0.15) is 5.26 Å². The smallest absolute Gasteiger partial charge is 0.0995 e. The van der Waals surface area contributed by atoms with Crippen LogP contribution in [0.1, 0.15) is 29.0 Å². The van der Waals surface area contributed by atoms with E-state index in [-0.39, 0.29) is 0 Å². The molecule has 19 heavy (non-hydrogen) atoms. The fraction of sp³-hybridized carbons (Fsp3) is 0.235. The maximum absolute atomic E-state index is 9.05. The van der Waals surface area contributed by atoms with Crippen molar-refractivity contribution in [1.82, 2.24) is 5.32 Å². The van der Waals surface area contributed by atoms with Gasteiger partial charge in [-0.25, -0.2) is 0 Å². The maximum Gasteiger partial charge on any atom is 0.0995 e. The van der Waals surface area contributed by atoms with E-state index in [1.54, 1.807) is 0 Å². The Kier molecular flexibility index (Phi) is 3.31. The molecule has 1 aliphatic carbocycles. The van der Waals surface area contributed by atoms with Crippen LogP contribution in [-0.2, 0) is 6.54 Å². The zero-order valence-electron chi connectivity index (χ0n) is 10.7. The van der Waals surface area contributed by atoms with Crippen LogP contribution in [0.25, 0.3) is 0 Å². The number of nitrogens with one attached hydrogen (secondary N) is 1. The summed E-state index contributed by atoms with van der Waals surface area (Å²) in [6.07, 6.45) is 1.19. The van der Waals surface area contributed by atoms with Gasteiger partial charge in [0.15, 0.2) is 0 Å². The van der Waals surface area contributed by atoms with Gasteiger partial charge in [0, 0.05) is 18.5 Å². The van der Waals surface area contributed by atoms with Crippen LogP contribution in [0.2, 0.25) is 0 Å². The fourth-order valence-electron chi connectivity index (χ4n) is 2.51. The third kappa shape index (κ3) is 2.67. The topological polar surface area (TPSA) is 35.8 Å². The van der Waals surface area contributed by atoms with Crippen molar-refractivity contribution >= 4 is 0 Å². The molecule has 0 aliphatic heterocycles. The van der Waals surface area contributed by atoms with Gasteiger partial charge in [0.2, 0.25) is 0 Å². The number of nitrogens with zero attached hydrogens (tertiary/aromatic N) is 1. The number of nitriles is 1. The molecule has 2 nitrogen and oxygen atoms in total. The van der Waals surface area contributed by atoms with Crippen LogP contribution in [0.3, 0.4) is 0 Å². The Labute approximate surface area is 113 Å². The molecule has 1 saturated carbocycles. The number of rotatable bonds is 4. The lowest BCUT2D eigenvalue weighted by molar-refractivity contribution is 0.672. The first-order valence-corrected chi connectivity index (χ1v) is 6.65. The molecule has 0 aromatic heterocycles. The van der Waals surface area contributed by atoms with Crippen LogP contribution in [0.15, 0.2) is 54.6 Å². The normalized spacial score (nSPS) is 20.8. The molecule has 0 spiro atoms. The van der Waals surface area contributed by atoms with Crippen LogP contribution < -0.4 is 5.32 Å². The van der Waals surface area contributed by atoms with Crippen LogP contribution in [0.5, 0.6) is 0 Å². The third-order valence-corrected chi connectivity index (χ3v) is 3.71. The van der Waals surface area contributed by atoms with Gasteiger partial charge in [-0.15, -0.1) is 0 Å². The second-order valence-corrected chi connectivity index (χ2v) is 5.01.